The zero-order valence-corrected chi connectivity index (χ0v) is 17.9. The van der Waals surface area contributed by atoms with E-state index in [1.54, 1.807) is 42.5 Å². The number of amides is 3. The second-order valence-corrected chi connectivity index (χ2v) is 7.63. The van der Waals surface area contributed by atoms with Crippen molar-refractivity contribution >= 4 is 23.7 Å². The summed E-state index contributed by atoms with van der Waals surface area (Å²) in [7, 11) is 0. The number of phenolic OH excluding ortho intramolecular Hbond substituents is 1. The number of aliphatic carboxylic acids is 1. The first kappa shape index (κ1) is 25.3. The number of carboxylic acids is 1. The van der Waals surface area contributed by atoms with Gasteiger partial charge in [-0.05, 0) is 36.1 Å². The van der Waals surface area contributed by atoms with Gasteiger partial charge in [-0.15, -0.1) is 0 Å². The van der Waals surface area contributed by atoms with E-state index in [9.17, 15) is 29.4 Å². The fraction of sp³-hybridized carbons (Fsp3) is 0.304. The SMILES string of the molecule is NC(=O)CC[C@H](NC(=O)[C@@H](N)Cc1ccc(O)cc1)C(=O)N[C@@H](Cc1ccccc1)C(=O)O. The second-order valence-electron chi connectivity index (χ2n) is 7.63. The smallest absolute Gasteiger partial charge is 0.326 e. The Bertz CT molecular complexity index is 965. The highest BCUT2D eigenvalue weighted by molar-refractivity contribution is 5.92. The topological polar surface area (TPSA) is 185 Å². The number of hydrogen-bond donors (Lipinski definition) is 6. The van der Waals surface area contributed by atoms with Crippen molar-refractivity contribution in [3.63, 3.8) is 0 Å². The maximum absolute atomic E-state index is 12.8. The van der Waals surface area contributed by atoms with Crippen molar-refractivity contribution in [3.8, 4) is 5.75 Å². The maximum atomic E-state index is 12.8. The quantitative estimate of drug-likeness (QED) is 0.256. The van der Waals surface area contributed by atoms with E-state index in [1.165, 1.54) is 12.1 Å². The molecule has 0 radical (unpaired) electrons. The highest BCUT2D eigenvalue weighted by Gasteiger charge is 2.28. The number of benzene rings is 2. The Morgan fingerprint density at radius 1 is 0.818 bits per heavy atom. The number of hydrogen-bond acceptors (Lipinski definition) is 6. The lowest BCUT2D eigenvalue weighted by Crippen LogP contribution is -2.55. The first-order chi connectivity index (χ1) is 15.7. The average Bonchev–Trinajstić information content (AvgIpc) is 2.77. The lowest BCUT2D eigenvalue weighted by molar-refractivity contribution is -0.142. The van der Waals surface area contributed by atoms with Gasteiger partial charge < -0.3 is 32.3 Å². The molecule has 10 nitrogen and oxygen atoms in total. The van der Waals surface area contributed by atoms with Crippen molar-refractivity contribution < 1.29 is 29.4 Å². The predicted octanol–water partition coefficient (Wildman–Crippen LogP) is -0.176. The zero-order valence-electron chi connectivity index (χ0n) is 17.9. The van der Waals surface area contributed by atoms with Gasteiger partial charge in [-0.3, -0.25) is 14.4 Å². The van der Waals surface area contributed by atoms with Crippen molar-refractivity contribution in [2.75, 3.05) is 0 Å². The van der Waals surface area contributed by atoms with Gasteiger partial charge in [0, 0.05) is 12.8 Å². The van der Waals surface area contributed by atoms with Crippen LogP contribution in [0.2, 0.25) is 0 Å². The van der Waals surface area contributed by atoms with E-state index in [-0.39, 0.29) is 31.4 Å². The van der Waals surface area contributed by atoms with E-state index in [0.717, 1.165) is 0 Å². The first-order valence-corrected chi connectivity index (χ1v) is 10.3. The van der Waals surface area contributed by atoms with Crippen LogP contribution in [0.3, 0.4) is 0 Å². The molecule has 0 aliphatic carbocycles. The molecule has 0 unspecified atom stereocenters. The molecular formula is C23H28N4O6. The van der Waals surface area contributed by atoms with Crippen LogP contribution in [0.4, 0.5) is 0 Å². The van der Waals surface area contributed by atoms with Gasteiger partial charge in [0.05, 0.1) is 6.04 Å². The van der Waals surface area contributed by atoms with E-state index in [1.807, 2.05) is 0 Å². The number of aromatic hydroxyl groups is 1. The highest BCUT2D eigenvalue weighted by atomic mass is 16.4. The molecule has 2 aromatic rings. The largest absolute Gasteiger partial charge is 0.508 e. The number of rotatable bonds is 12. The molecule has 2 aromatic carbocycles. The summed E-state index contributed by atoms with van der Waals surface area (Å²) in [5, 5.41) is 23.8. The first-order valence-electron chi connectivity index (χ1n) is 10.3. The maximum Gasteiger partial charge on any atom is 0.326 e. The van der Waals surface area contributed by atoms with Crippen LogP contribution in [0.1, 0.15) is 24.0 Å². The minimum atomic E-state index is -1.24. The molecule has 0 aromatic heterocycles. The Hall–Kier alpha value is -3.92. The molecule has 0 aliphatic rings. The number of phenols is 1. The Balaban J connectivity index is 2.06. The number of carbonyl (C=O) groups excluding carboxylic acids is 3. The lowest BCUT2D eigenvalue weighted by atomic mass is 10.0. The summed E-state index contributed by atoms with van der Waals surface area (Å²) in [5.74, 6) is -3.25. The molecule has 2 rings (SSSR count). The molecule has 0 saturated carbocycles. The fourth-order valence-corrected chi connectivity index (χ4v) is 3.14. The number of carboxylic acid groups (broad SMARTS) is 1. The third-order valence-electron chi connectivity index (χ3n) is 4.94. The molecule has 10 heteroatoms. The van der Waals surface area contributed by atoms with E-state index in [2.05, 4.69) is 10.6 Å². The molecule has 8 N–H and O–H groups in total. The van der Waals surface area contributed by atoms with E-state index >= 15 is 0 Å². The molecule has 33 heavy (non-hydrogen) atoms. The van der Waals surface area contributed by atoms with E-state index in [4.69, 9.17) is 11.5 Å². The van der Waals surface area contributed by atoms with Crippen LogP contribution in [0, 0.1) is 0 Å². The van der Waals surface area contributed by atoms with Crippen molar-refractivity contribution in [3.05, 3.63) is 65.7 Å². The van der Waals surface area contributed by atoms with Crippen LogP contribution < -0.4 is 22.1 Å². The molecule has 0 fully saturated rings. The number of nitrogens with two attached hydrogens (primary N) is 2. The van der Waals surface area contributed by atoms with Crippen molar-refractivity contribution in [1.82, 2.24) is 10.6 Å². The van der Waals surface area contributed by atoms with Crippen molar-refractivity contribution in [2.45, 2.75) is 43.8 Å². The van der Waals surface area contributed by atoms with Gasteiger partial charge in [0.15, 0.2) is 0 Å². The van der Waals surface area contributed by atoms with Crippen LogP contribution in [0.25, 0.3) is 0 Å². The van der Waals surface area contributed by atoms with Crippen LogP contribution in [-0.2, 0) is 32.0 Å². The van der Waals surface area contributed by atoms with E-state index < -0.39 is 41.8 Å². The van der Waals surface area contributed by atoms with Gasteiger partial charge in [0.2, 0.25) is 17.7 Å². The molecule has 0 bridgehead atoms. The van der Waals surface area contributed by atoms with Crippen LogP contribution in [-0.4, -0.2) is 52.0 Å². The molecule has 176 valence electrons. The fourth-order valence-electron chi connectivity index (χ4n) is 3.14. The standard InChI is InChI=1S/C23H28N4O6/c24-17(12-15-6-8-16(28)9-7-15)21(30)26-18(10-11-20(25)29)22(31)27-19(23(32)33)13-14-4-2-1-3-5-14/h1-9,17-19,28H,10-13,24H2,(H2,25,29)(H,26,30)(H,27,31)(H,32,33)/t17-,18-,19-/m0/s1. The minimum Gasteiger partial charge on any atom is -0.508 e. The molecular weight excluding hydrogens is 428 g/mol. The Kier molecular flexibility index (Phi) is 9.37. The molecule has 0 heterocycles. The van der Waals surface area contributed by atoms with Crippen molar-refractivity contribution in [1.29, 1.82) is 0 Å². The molecule has 0 saturated heterocycles. The van der Waals surface area contributed by atoms with Gasteiger partial charge >= 0.3 is 5.97 Å². The molecule has 3 amide bonds. The number of nitrogens with one attached hydrogen (secondary N) is 2. The predicted molar refractivity (Wildman–Crippen MR) is 120 cm³/mol. The van der Waals surface area contributed by atoms with E-state index in [0.29, 0.717) is 11.1 Å². The van der Waals surface area contributed by atoms with Gasteiger partial charge in [0.1, 0.15) is 17.8 Å². The number of primary amides is 1. The van der Waals surface area contributed by atoms with Gasteiger partial charge in [-0.2, -0.15) is 0 Å². The van der Waals surface area contributed by atoms with Gasteiger partial charge in [-0.1, -0.05) is 42.5 Å². The monoisotopic (exact) mass is 456 g/mol. The Morgan fingerprint density at radius 2 is 1.39 bits per heavy atom. The summed E-state index contributed by atoms with van der Waals surface area (Å²) in [4.78, 5) is 48.3. The zero-order chi connectivity index (χ0) is 24.4. The summed E-state index contributed by atoms with van der Waals surface area (Å²) in [6.07, 6.45) is -0.126. The van der Waals surface area contributed by atoms with Crippen LogP contribution in [0.15, 0.2) is 54.6 Å². The van der Waals surface area contributed by atoms with Crippen LogP contribution in [0.5, 0.6) is 5.75 Å². The summed E-state index contributed by atoms with van der Waals surface area (Å²) in [6.45, 7) is 0. The summed E-state index contributed by atoms with van der Waals surface area (Å²) < 4.78 is 0. The third kappa shape index (κ3) is 8.62. The third-order valence-corrected chi connectivity index (χ3v) is 4.94. The summed E-state index contributed by atoms with van der Waals surface area (Å²) >= 11 is 0. The molecule has 3 atom stereocenters. The Labute approximate surface area is 191 Å². The summed E-state index contributed by atoms with van der Waals surface area (Å²) in [6, 6.07) is 11.4. The minimum absolute atomic E-state index is 0.0404. The summed E-state index contributed by atoms with van der Waals surface area (Å²) in [5.41, 5.74) is 12.5. The second kappa shape index (κ2) is 12.2. The molecule has 0 aliphatic heterocycles. The van der Waals surface area contributed by atoms with Crippen LogP contribution >= 0.6 is 0 Å². The van der Waals surface area contributed by atoms with Crippen molar-refractivity contribution in [2.24, 2.45) is 11.5 Å². The van der Waals surface area contributed by atoms with Gasteiger partial charge in [-0.25, -0.2) is 4.79 Å². The average molecular weight is 456 g/mol. The number of carbonyl (C=O) groups is 4. The Morgan fingerprint density at radius 3 is 1.97 bits per heavy atom. The van der Waals surface area contributed by atoms with Gasteiger partial charge in [0.25, 0.3) is 0 Å². The lowest BCUT2D eigenvalue weighted by Gasteiger charge is -2.23. The normalized spacial score (nSPS) is 13.4. The highest BCUT2D eigenvalue weighted by Crippen LogP contribution is 2.11. The molecule has 0 spiro atoms.